The molecule has 0 aliphatic rings. The lowest BCUT2D eigenvalue weighted by Gasteiger charge is -2.33. The van der Waals surface area contributed by atoms with Crippen molar-refractivity contribution < 1.29 is 27.4 Å². The van der Waals surface area contributed by atoms with Gasteiger partial charge in [-0.1, -0.05) is 69.4 Å². The van der Waals surface area contributed by atoms with Crippen LogP contribution < -0.4 is 0 Å². The van der Waals surface area contributed by atoms with Gasteiger partial charge in [-0.15, -0.1) is 11.3 Å². The average molecular weight is 444 g/mol. The number of hydrogen-bond donors (Lipinski definition) is 0. The summed E-state index contributed by atoms with van der Waals surface area (Å²) in [7, 11) is 0.869. The maximum Gasteiger partial charge on any atom is 0.432 e. The fourth-order valence-corrected chi connectivity index (χ4v) is 4.04. The molecular weight excluding hydrogens is 415 g/mol. The van der Waals surface area contributed by atoms with E-state index in [0.717, 1.165) is 45.6 Å². The van der Waals surface area contributed by atoms with Crippen LogP contribution in [0.3, 0.4) is 0 Å². The first-order valence-corrected chi connectivity index (χ1v) is 11.0. The molecule has 2 atom stereocenters. The number of unbranched alkanes of at least 4 members (excludes halogenated alkanes) is 5. The van der Waals surface area contributed by atoms with Crippen LogP contribution in [-0.4, -0.2) is 24.2 Å². The smallest absolute Gasteiger partial charge is 0.432 e. The Balaban J connectivity index is 2.21. The third-order valence-corrected chi connectivity index (χ3v) is 5.84. The van der Waals surface area contributed by atoms with Crippen LogP contribution in [0.25, 0.3) is 0 Å². The van der Waals surface area contributed by atoms with E-state index in [4.69, 9.17) is 9.47 Å². The van der Waals surface area contributed by atoms with E-state index in [1.807, 2.05) is 0 Å². The zero-order valence-electron chi connectivity index (χ0n) is 17.3. The normalized spacial score (nSPS) is 14.8. The fraction of sp³-hybridized carbons (Fsp3) is 0.545. The van der Waals surface area contributed by atoms with Crippen LogP contribution in [0.2, 0.25) is 0 Å². The molecule has 1 aromatic carbocycles. The van der Waals surface area contributed by atoms with Gasteiger partial charge in [0.25, 0.3) is 5.60 Å². The van der Waals surface area contributed by atoms with Crippen LogP contribution in [0, 0.1) is 0 Å². The molecule has 2 rings (SSSR count). The Labute approximate surface area is 179 Å². The van der Waals surface area contributed by atoms with Gasteiger partial charge in [0.1, 0.15) is 5.01 Å². The van der Waals surface area contributed by atoms with Crippen molar-refractivity contribution in [2.24, 2.45) is 0 Å². The zero-order chi connectivity index (χ0) is 22.0. The van der Waals surface area contributed by atoms with Crippen LogP contribution in [0.5, 0.6) is 0 Å². The molecule has 0 saturated carbocycles. The number of alkyl halides is 3. The minimum atomic E-state index is -4.99. The topological polar surface area (TPSA) is 48.4 Å². The predicted octanol–water partition coefficient (Wildman–Crippen LogP) is 6.58. The second-order valence-electron chi connectivity index (χ2n) is 7.07. The Morgan fingerprint density at radius 1 is 1.10 bits per heavy atom. The van der Waals surface area contributed by atoms with Crippen molar-refractivity contribution >= 4 is 17.3 Å². The number of esters is 1. The Morgan fingerprint density at radius 3 is 2.33 bits per heavy atom. The summed E-state index contributed by atoms with van der Waals surface area (Å²) in [6, 6.07) is 6.85. The highest BCUT2D eigenvalue weighted by Gasteiger charge is 2.64. The van der Waals surface area contributed by atoms with Crippen molar-refractivity contribution in [1.29, 1.82) is 0 Å². The highest BCUT2D eigenvalue weighted by Crippen LogP contribution is 2.44. The third-order valence-electron chi connectivity index (χ3n) is 4.97. The molecule has 166 valence electrons. The molecule has 30 heavy (non-hydrogen) atoms. The maximum atomic E-state index is 14.1. The van der Waals surface area contributed by atoms with Crippen molar-refractivity contribution in [3.8, 4) is 0 Å². The molecule has 1 aromatic heterocycles. The lowest BCUT2D eigenvalue weighted by Crippen LogP contribution is -2.52. The van der Waals surface area contributed by atoms with Crippen LogP contribution in [0.1, 0.15) is 68.5 Å². The summed E-state index contributed by atoms with van der Waals surface area (Å²) < 4.78 is 52.5. The first-order chi connectivity index (χ1) is 14.4. The first kappa shape index (κ1) is 24.3. The molecule has 0 fully saturated rings. The van der Waals surface area contributed by atoms with E-state index in [1.165, 1.54) is 35.6 Å². The zero-order valence-corrected chi connectivity index (χ0v) is 18.1. The lowest BCUT2D eigenvalue weighted by molar-refractivity contribution is -0.278. The maximum absolute atomic E-state index is 14.1. The number of nitrogens with zero attached hydrogens (tertiary/aromatic N) is 1. The number of benzene rings is 1. The van der Waals surface area contributed by atoms with Gasteiger partial charge in [-0.2, -0.15) is 13.2 Å². The molecule has 0 N–H and O–H groups in total. The molecule has 4 nitrogen and oxygen atoms in total. The predicted molar refractivity (Wildman–Crippen MR) is 110 cm³/mol. The molecule has 2 aromatic rings. The number of rotatable bonds is 12. The second-order valence-corrected chi connectivity index (χ2v) is 8.00. The molecule has 0 aliphatic carbocycles. The van der Waals surface area contributed by atoms with Crippen LogP contribution in [0.15, 0.2) is 41.9 Å². The van der Waals surface area contributed by atoms with Gasteiger partial charge in [0.2, 0.25) is 0 Å². The highest BCUT2D eigenvalue weighted by atomic mass is 32.1. The Morgan fingerprint density at radius 2 is 1.77 bits per heavy atom. The van der Waals surface area contributed by atoms with Gasteiger partial charge in [0, 0.05) is 24.3 Å². The Kier molecular flexibility index (Phi) is 9.30. The third kappa shape index (κ3) is 5.82. The minimum Gasteiger partial charge on any atom is -0.452 e. The molecule has 0 unspecified atom stereocenters. The van der Waals surface area contributed by atoms with E-state index in [2.05, 4.69) is 11.9 Å². The summed E-state index contributed by atoms with van der Waals surface area (Å²) in [6.07, 6.45) is 2.24. The monoisotopic (exact) mass is 443 g/mol. The summed E-state index contributed by atoms with van der Waals surface area (Å²) in [4.78, 5) is 17.1. The number of methoxy groups -OCH3 is 1. The van der Waals surface area contributed by atoms with E-state index >= 15 is 0 Å². The van der Waals surface area contributed by atoms with Gasteiger partial charge in [-0.25, -0.2) is 9.78 Å². The lowest BCUT2D eigenvalue weighted by atomic mass is 9.92. The number of thiazole rings is 1. The van der Waals surface area contributed by atoms with Gasteiger partial charge in [-0.3, -0.25) is 0 Å². The number of hydrogen-bond acceptors (Lipinski definition) is 5. The summed E-state index contributed by atoms with van der Waals surface area (Å²) in [5, 5.41) is 2.19. The molecule has 1 heterocycles. The van der Waals surface area contributed by atoms with Crippen molar-refractivity contribution in [1.82, 2.24) is 4.98 Å². The fourth-order valence-electron chi connectivity index (χ4n) is 3.34. The Hall–Kier alpha value is -1.93. The van der Waals surface area contributed by atoms with Gasteiger partial charge < -0.3 is 9.47 Å². The standard InChI is InChI=1S/C22H28F3NO3S/c1-3-4-5-6-7-11-14-18(19-26-15-16-30-19)29-20(27)21(28-2,22(23,24)25)17-12-9-8-10-13-17/h8-10,12-13,15-16,18H,3-7,11,14H2,1-2H3/t18-,21+/m1/s1. The molecule has 8 heteroatoms. The summed E-state index contributed by atoms with van der Waals surface area (Å²) >= 11 is 1.26. The van der Waals surface area contributed by atoms with Gasteiger partial charge in [-0.05, 0) is 12.8 Å². The highest BCUT2D eigenvalue weighted by molar-refractivity contribution is 7.09. The van der Waals surface area contributed by atoms with Crippen LogP contribution >= 0.6 is 11.3 Å². The number of halogens is 3. The molecular formula is C22H28F3NO3S. The molecule has 0 radical (unpaired) electrons. The van der Waals surface area contributed by atoms with Crippen molar-refractivity contribution in [2.45, 2.75) is 69.8 Å². The minimum absolute atomic E-state index is 0.317. The number of ether oxygens (including phenoxy) is 2. The quantitative estimate of drug-likeness (QED) is 0.275. The van der Waals surface area contributed by atoms with Gasteiger partial charge in [0.15, 0.2) is 6.10 Å². The summed E-state index contributed by atoms with van der Waals surface area (Å²) in [5.74, 6) is -1.48. The molecule has 0 aliphatic heterocycles. The first-order valence-electron chi connectivity index (χ1n) is 10.1. The van der Waals surface area contributed by atoms with E-state index in [0.29, 0.717) is 11.4 Å². The summed E-state index contributed by atoms with van der Waals surface area (Å²) in [5.41, 5.74) is -3.51. The molecule has 0 spiro atoms. The van der Waals surface area contributed by atoms with E-state index in [9.17, 15) is 18.0 Å². The molecule has 0 bridgehead atoms. The van der Waals surface area contributed by atoms with E-state index in [-0.39, 0.29) is 5.56 Å². The van der Waals surface area contributed by atoms with Crippen LogP contribution in [-0.2, 0) is 19.9 Å². The van der Waals surface area contributed by atoms with Crippen molar-refractivity contribution in [3.63, 3.8) is 0 Å². The van der Waals surface area contributed by atoms with Crippen LogP contribution in [0.4, 0.5) is 13.2 Å². The molecule has 0 saturated heterocycles. The Bertz CT molecular complexity index is 753. The number of carbonyl (C=O) groups excluding carboxylic acids is 1. The van der Waals surface area contributed by atoms with Gasteiger partial charge in [0.05, 0.1) is 0 Å². The average Bonchev–Trinajstić information content (AvgIpc) is 3.25. The second kappa shape index (κ2) is 11.5. The largest absolute Gasteiger partial charge is 0.452 e. The molecule has 0 amide bonds. The van der Waals surface area contributed by atoms with Crippen molar-refractivity contribution in [2.75, 3.05) is 7.11 Å². The number of aromatic nitrogens is 1. The van der Waals surface area contributed by atoms with Gasteiger partial charge >= 0.3 is 12.1 Å². The summed E-state index contributed by atoms with van der Waals surface area (Å²) in [6.45, 7) is 2.13. The number of carbonyl (C=O) groups is 1. The van der Waals surface area contributed by atoms with E-state index in [1.54, 1.807) is 17.6 Å². The van der Waals surface area contributed by atoms with E-state index < -0.39 is 23.9 Å². The van der Waals surface area contributed by atoms with Crippen molar-refractivity contribution in [3.05, 3.63) is 52.5 Å². The SMILES string of the molecule is CCCCCCCC[C@@H](OC(=O)[C@@](OC)(c1ccccc1)C(F)(F)F)c1nccs1.